The first-order valence-corrected chi connectivity index (χ1v) is 9.89. The van der Waals surface area contributed by atoms with Crippen LogP contribution in [0, 0.1) is 0 Å². The van der Waals surface area contributed by atoms with Gasteiger partial charge in [-0.1, -0.05) is 5.21 Å². The van der Waals surface area contributed by atoms with Gasteiger partial charge < -0.3 is 14.9 Å². The molecule has 3 heterocycles. The van der Waals surface area contributed by atoms with Crippen molar-refractivity contribution in [3.63, 3.8) is 0 Å². The summed E-state index contributed by atoms with van der Waals surface area (Å²) in [5.41, 5.74) is 10.00. The molecule has 1 amide bonds. The summed E-state index contributed by atoms with van der Waals surface area (Å²) in [5.74, 6) is 0.867. The largest absolute Gasteiger partial charge is 0.494 e. The van der Waals surface area contributed by atoms with Crippen molar-refractivity contribution in [1.82, 2.24) is 30.7 Å². The predicted molar refractivity (Wildman–Crippen MR) is 119 cm³/mol. The molecule has 0 atom stereocenters. The number of nitrogens with one attached hydrogen (secondary N) is 1. The number of rotatable bonds is 8. The molecule has 0 fully saturated rings. The summed E-state index contributed by atoms with van der Waals surface area (Å²) in [6, 6.07) is 10.6. The molecule has 12 nitrogen and oxygen atoms in total. The molecule has 12 heteroatoms. The molecule has 168 valence electrons. The molecule has 0 saturated carbocycles. The fourth-order valence-electron chi connectivity index (χ4n) is 2.94. The highest BCUT2D eigenvalue weighted by Crippen LogP contribution is 2.28. The van der Waals surface area contributed by atoms with Crippen molar-refractivity contribution in [3.05, 3.63) is 59.7 Å². The third kappa shape index (κ3) is 4.79. The topological polar surface area (TPSA) is 159 Å². The van der Waals surface area contributed by atoms with Gasteiger partial charge >= 0.3 is 0 Å². The van der Waals surface area contributed by atoms with Crippen molar-refractivity contribution in [3.8, 4) is 22.8 Å². The van der Waals surface area contributed by atoms with E-state index in [2.05, 4.69) is 35.8 Å². The standard InChI is InChI=1S/C21H20N8O4/c1-3-31-15-8-6-14(7-9-15)18-17(24-28-29(18)20-19(22)26-33-27-20)21(30)25-23-12-13(2)11-16-5-4-10-32-16/h4-12H,3H2,1-2H3,(H2,22,26)(H,25,30)/b13-11+,23-12+. The van der Waals surface area contributed by atoms with Crippen LogP contribution in [0.5, 0.6) is 5.75 Å². The number of nitrogen functional groups attached to an aromatic ring is 1. The van der Waals surface area contributed by atoms with Gasteiger partial charge in [0.25, 0.3) is 5.91 Å². The maximum Gasteiger partial charge on any atom is 0.294 e. The summed E-state index contributed by atoms with van der Waals surface area (Å²) in [6.07, 6.45) is 4.83. The van der Waals surface area contributed by atoms with Crippen molar-refractivity contribution in [2.75, 3.05) is 12.3 Å². The zero-order valence-corrected chi connectivity index (χ0v) is 17.8. The van der Waals surface area contributed by atoms with E-state index < -0.39 is 5.91 Å². The first kappa shape index (κ1) is 21.5. The molecule has 0 aliphatic rings. The van der Waals surface area contributed by atoms with Crippen LogP contribution in [0.2, 0.25) is 0 Å². The number of furan rings is 1. The fourth-order valence-corrected chi connectivity index (χ4v) is 2.94. The Morgan fingerprint density at radius 3 is 2.76 bits per heavy atom. The number of carbonyl (C=O) groups excluding carboxylic acids is 1. The molecule has 4 rings (SSSR count). The fraction of sp³-hybridized carbons (Fsp3) is 0.143. The van der Waals surface area contributed by atoms with E-state index in [9.17, 15) is 4.79 Å². The first-order chi connectivity index (χ1) is 16.1. The summed E-state index contributed by atoms with van der Waals surface area (Å²) in [6.45, 7) is 4.24. The van der Waals surface area contributed by atoms with Gasteiger partial charge in [-0.05, 0) is 72.2 Å². The number of benzene rings is 1. The van der Waals surface area contributed by atoms with E-state index >= 15 is 0 Å². The van der Waals surface area contributed by atoms with Crippen LogP contribution in [0.4, 0.5) is 5.82 Å². The smallest absolute Gasteiger partial charge is 0.294 e. The normalized spacial score (nSPS) is 11.8. The number of hydrogen-bond donors (Lipinski definition) is 2. The maximum atomic E-state index is 12.9. The van der Waals surface area contributed by atoms with Gasteiger partial charge in [-0.25, -0.2) is 10.1 Å². The Bertz CT molecular complexity index is 1290. The Kier molecular flexibility index (Phi) is 6.25. The van der Waals surface area contributed by atoms with Crippen molar-refractivity contribution < 1.29 is 18.6 Å². The average molecular weight is 448 g/mol. The summed E-state index contributed by atoms with van der Waals surface area (Å²) >= 11 is 0. The summed E-state index contributed by atoms with van der Waals surface area (Å²) in [4.78, 5) is 12.9. The highest BCUT2D eigenvalue weighted by molar-refractivity contribution is 5.99. The zero-order valence-electron chi connectivity index (χ0n) is 17.8. The molecule has 0 unspecified atom stereocenters. The van der Waals surface area contributed by atoms with E-state index in [1.807, 2.05) is 19.9 Å². The van der Waals surface area contributed by atoms with E-state index in [0.717, 1.165) is 5.57 Å². The number of ether oxygens (including phenoxy) is 1. The molecule has 3 N–H and O–H groups in total. The summed E-state index contributed by atoms with van der Waals surface area (Å²) in [7, 11) is 0. The van der Waals surface area contributed by atoms with Gasteiger partial charge in [0.2, 0.25) is 11.6 Å². The molecular weight excluding hydrogens is 428 g/mol. The number of amides is 1. The van der Waals surface area contributed by atoms with Crippen LogP contribution in [0.1, 0.15) is 30.1 Å². The predicted octanol–water partition coefficient (Wildman–Crippen LogP) is 2.71. The first-order valence-electron chi connectivity index (χ1n) is 9.89. The molecule has 1 aromatic carbocycles. The van der Waals surface area contributed by atoms with Gasteiger partial charge in [-0.3, -0.25) is 4.79 Å². The van der Waals surface area contributed by atoms with Crippen molar-refractivity contribution in [2.24, 2.45) is 5.10 Å². The molecular formula is C21H20N8O4. The molecule has 3 aromatic heterocycles. The van der Waals surface area contributed by atoms with Crippen LogP contribution in [-0.4, -0.2) is 44.0 Å². The second kappa shape index (κ2) is 9.60. The minimum absolute atomic E-state index is 0.00393. The highest BCUT2D eigenvalue weighted by atomic mass is 16.6. The van der Waals surface area contributed by atoms with Gasteiger partial charge in [0.15, 0.2) is 5.69 Å². The van der Waals surface area contributed by atoms with E-state index in [1.165, 1.54) is 10.9 Å². The van der Waals surface area contributed by atoms with Crippen molar-refractivity contribution in [1.29, 1.82) is 0 Å². The average Bonchev–Trinajstić information content (AvgIpc) is 3.55. The third-order valence-corrected chi connectivity index (χ3v) is 4.37. The number of nitrogens with two attached hydrogens (primary N) is 1. The Morgan fingerprint density at radius 2 is 2.09 bits per heavy atom. The Morgan fingerprint density at radius 1 is 1.27 bits per heavy atom. The van der Waals surface area contributed by atoms with E-state index in [0.29, 0.717) is 29.4 Å². The molecule has 4 aromatic rings. The number of hydrogen-bond acceptors (Lipinski definition) is 10. The maximum absolute atomic E-state index is 12.9. The molecule has 0 saturated heterocycles. The number of allylic oxidation sites excluding steroid dienone is 1. The van der Waals surface area contributed by atoms with E-state index in [1.54, 1.807) is 42.7 Å². The lowest BCUT2D eigenvalue weighted by Gasteiger charge is -2.07. The summed E-state index contributed by atoms with van der Waals surface area (Å²) in [5, 5.41) is 19.3. The number of anilines is 1. The SMILES string of the molecule is CCOc1ccc(-c2c(C(=O)N/N=C/C(C)=C/c3ccco3)nnn2-c2nonc2N)cc1. The lowest BCUT2D eigenvalue weighted by Crippen LogP contribution is -2.19. The third-order valence-electron chi connectivity index (χ3n) is 4.37. The van der Waals surface area contributed by atoms with Crippen LogP contribution in [0.15, 0.2) is 62.4 Å². The number of hydrazone groups is 1. The van der Waals surface area contributed by atoms with E-state index in [-0.39, 0.29) is 17.3 Å². The highest BCUT2D eigenvalue weighted by Gasteiger charge is 2.25. The zero-order chi connectivity index (χ0) is 23.2. The molecule has 0 spiro atoms. The quantitative estimate of drug-likeness (QED) is 0.305. The van der Waals surface area contributed by atoms with Crippen molar-refractivity contribution >= 4 is 24.0 Å². The number of aromatic nitrogens is 5. The van der Waals surface area contributed by atoms with Crippen LogP contribution < -0.4 is 15.9 Å². The van der Waals surface area contributed by atoms with Gasteiger partial charge in [-0.2, -0.15) is 9.78 Å². The molecule has 0 aliphatic heterocycles. The minimum Gasteiger partial charge on any atom is -0.494 e. The number of carbonyl (C=O) groups is 1. The van der Waals surface area contributed by atoms with Crippen LogP contribution in [0.25, 0.3) is 23.2 Å². The number of nitrogens with zero attached hydrogens (tertiary/aromatic N) is 6. The second-order valence-electron chi connectivity index (χ2n) is 6.73. The summed E-state index contributed by atoms with van der Waals surface area (Å²) < 4.78 is 16.7. The Labute approximate surface area is 187 Å². The molecule has 33 heavy (non-hydrogen) atoms. The van der Waals surface area contributed by atoms with Gasteiger partial charge in [0, 0.05) is 5.56 Å². The lowest BCUT2D eigenvalue weighted by atomic mass is 10.1. The van der Waals surface area contributed by atoms with Gasteiger partial charge in [-0.15, -0.1) is 5.10 Å². The Hall–Kier alpha value is -4.74. The van der Waals surface area contributed by atoms with Gasteiger partial charge in [0.1, 0.15) is 17.2 Å². The van der Waals surface area contributed by atoms with Crippen LogP contribution >= 0.6 is 0 Å². The van der Waals surface area contributed by atoms with Crippen molar-refractivity contribution in [2.45, 2.75) is 13.8 Å². The molecule has 0 aliphatic carbocycles. The minimum atomic E-state index is -0.581. The van der Waals surface area contributed by atoms with Crippen LogP contribution in [0.3, 0.4) is 0 Å². The van der Waals surface area contributed by atoms with Gasteiger partial charge in [0.05, 0.1) is 19.1 Å². The molecule has 0 bridgehead atoms. The van der Waals surface area contributed by atoms with Crippen LogP contribution in [-0.2, 0) is 0 Å². The lowest BCUT2D eigenvalue weighted by molar-refractivity contribution is 0.0950. The van der Waals surface area contributed by atoms with E-state index in [4.69, 9.17) is 14.9 Å². The Balaban J connectivity index is 1.63. The monoisotopic (exact) mass is 448 g/mol. The second-order valence-corrected chi connectivity index (χ2v) is 6.73. The molecule has 0 radical (unpaired) electrons.